The summed E-state index contributed by atoms with van der Waals surface area (Å²) in [5.41, 5.74) is 4.97. The lowest BCUT2D eigenvalue weighted by atomic mass is 10.0. The Morgan fingerprint density at radius 3 is 2.31 bits per heavy atom. The molecule has 2 N–H and O–H groups in total. The minimum atomic E-state index is -0.401. The molecule has 0 heterocycles. The third-order valence-electron chi connectivity index (χ3n) is 3.77. The second kappa shape index (κ2) is 9.36. The highest BCUT2D eigenvalue weighted by atomic mass is 16.5. The van der Waals surface area contributed by atoms with Gasteiger partial charge >= 0.3 is 0 Å². The minimum absolute atomic E-state index is 0.158. The van der Waals surface area contributed by atoms with Crippen molar-refractivity contribution in [3.8, 4) is 5.75 Å². The molecule has 2 aromatic carbocycles. The lowest BCUT2D eigenvalue weighted by Gasteiger charge is -2.06. The van der Waals surface area contributed by atoms with Crippen molar-refractivity contribution in [2.24, 2.45) is 5.10 Å². The van der Waals surface area contributed by atoms with E-state index in [-0.39, 0.29) is 12.5 Å². The van der Waals surface area contributed by atoms with Crippen molar-refractivity contribution in [3.63, 3.8) is 0 Å². The van der Waals surface area contributed by atoms with E-state index in [2.05, 4.69) is 29.7 Å². The Kier molecular flexibility index (Phi) is 6.91. The van der Waals surface area contributed by atoms with Crippen molar-refractivity contribution in [3.05, 3.63) is 65.2 Å². The van der Waals surface area contributed by atoms with Gasteiger partial charge in [-0.05, 0) is 41.3 Å². The number of nitrogens with zero attached hydrogens (tertiary/aromatic N) is 1. The SMILES string of the molecule is COc1ccc(C(=O)NCC(=O)NN=Cc2ccc(C(C)C)cc2)cc1. The first-order chi connectivity index (χ1) is 12.5. The molecule has 0 aliphatic rings. The minimum Gasteiger partial charge on any atom is -0.497 e. The normalized spacial score (nSPS) is 10.8. The molecule has 0 bridgehead atoms. The van der Waals surface area contributed by atoms with Crippen LogP contribution in [0.4, 0.5) is 0 Å². The van der Waals surface area contributed by atoms with E-state index >= 15 is 0 Å². The molecular formula is C20H23N3O3. The summed E-state index contributed by atoms with van der Waals surface area (Å²) in [5, 5.41) is 6.44. The molecule has 0 saturated carbocycles. The van der Waals surface area contributed by atoms with Gasteiger partial charge in [0, 0.05) is 5.56 Å². The number of rotatable bonds is 7. The Labute approximate surface area is 153 Å². The number of carbonyl (C=O) groups excluding carboxylic acids is 2. The first-order valence-corrected chi connectivity index (χ1v) is 8.33. The van der Waals surface area contributed by atoms with Gasteiger partial charge in [0.2, 0.25) is 0 Å². The third kappa shape index (κ3) is 5.73. The van der Waals surface area contributed by atoms with Crippen LogP contribution in [0.15, 0.2) is 53.6 Å². The van der Waals surface area contributed by atoms with Crippen LogP contribution in [0.1, 0.15) is 41.3 Å². The predicted molar refractivity (Wildman–Crippen MR) is 102 cm³/mol. The van der Waals surface area contributed by atoms with Gasteiger partial charge in [0.05, 0.1) is 19.9 Å². The molecular weight excluding hydrogens is 330 g/mol. The van der Waals surface area contributed by atoms with Crippen molar-refractivity contribution in [1.29, 1.82) is 0 Å². The predicted octanol–water partition coefficient (Wildman–Crippen LogP) is 2.70. The summed E-state index contributed by atoms with van der Waals surface area (Å²) in [4.78, 5) is 23.7. The number of nitrogens with one attached hydrogen (secondary N) is 2. The van der Waals surface area contributed by atoms with Crippen LogP contribution in [0.5, 0.6) is 5.75 Å². The number of hydrazone groups is 1. The maximum Gasteiger partial charge on any atom is 0.259 e. The zero-order chi connectivity index (χ0) is 18.9. The van der Waals surface area contributed by atoms with Gasteiger partial charge in [-0.25, -0.2) is 5.43 Å². The summed E-state index contributed by atoms with van der Waals surface area (Å²) < 4.78 is 5.03. The van der Waals surface area contributed by atoms with Crippen molar-refractivity contribution < 1.29 is 14.3 Å². The van der Waals surface area contributed by atoms with Gasteiger partial charge in [-0.3, -0.25) is 9.59 Å². The molecule has 0 spiro atoms. The topological polar surface area (TPSA) is 79.8 Å². The Balaban J connectivity index is 1.78. The van der Waals surface area contributed by atoms with Gasteiger partial charge in [-0.2, -0.15) is 5.10 Å². The molecule has 0 fully saturated rings. The lowest BCUT2D eigenvalue weighted by molar-refractivity contribution is -0.120. The van der Waals surface area contributed by atoms with E-state index in [9.17, 15) is 9.59 Å². The van der Waals surface area contributed by atoms with Crippen LogP contribution in [0.25, 0.3) is 0 Å². The van der Waals surface area contributed by atoms with Gasteiger partial charge < -0.3 is 10.1 Å². The fourth-order valence-corrected chi connectivity index (χ4v) is 2.19. The highest BCUT2D eigenvalue weighted by Crippen LogP contribution is 2.14. The number of benzene rings is 2. The van der Waals surface area contributed by atoms with Crippen LogP contribution in [0.3, 0.4) is 0 Å². The first kappa shape index (κ1) is 19.2. The Morgan fingerprint density at radius 1 is 1.08 bits per heavy atom. The molecule has 136 valence electrons. The van der Waals surface area contributed by atoms with Crippen LogP contribution in [0, 0.1) is 0 Å². The molecule has 0 radical (unpaired) electrons. The zero-order valence-electron chi connectivity index (χ0n) is 15.2. The van der Waals surface area contributed by atoms with Crippen LogP contribution in [-0.4, -0.2) is 31.7 Å². The zero-order valence-corrected chi connectivity index (χ0v) is 15.2. The van der Waals surface area contributed by atoms with E-state index < -0.39 is 5.91 Å². The Hall–Kier alpha value is -3.15. The third-order valence-corrected chi connectivity index (χ3v) is 3.77. The van der Waals surface area contributed by atoms with Gasteiger partial charge in [0.15, 0.2) is 0 Å². The van der Waals surface area contributed by atoms with Crippen LogP contribution in [0.2, 0.25) is 0 Å². The first-order valence-electron chi connectivity index (χ1n) is 8.33. The van der Waals surface area contributed by atoms with Crippen LogP contribution < -0.4 is 15.5 Å². The number of hydrogen-bond acceptors (Lipinski definition) is 4. The summed E-state index contributed by atoms with van der Waals surface area (Å²) in [7, 11) is 1.55. The summed E-state index contributed by atoms with van der Waals surface area (Å²) in [6.45, 7) is 4.10. The van der Waals surface area contributed by atoms with Gasteiger partial charge in [0.25, 0.3) is 11.8 Å². The average molecular weight is 353 g/mol. The number of ether oxygens (including phenoxy) is 1. The Bertz CT molecular complexity index is 766. The maximum absolute atomic E-state index is 12.0. The molecule has 6 nitrogen and oxygen atoms in total. The van der Waals surface area contributed by atoms with Crippen molar-refractivity contribution >= 4 is 18.0 Å². The molecule has 2 rings (SSSR count). The van der Waals surface area contributed by atoms with E-state index in [1.54, 1.807) is 37.6 Å². The van der Waals surface area contributed by atoms with E-state index in [1.165, 1.54) is 5.56 Å². The van der Waals surface area contributed by atoms with E-state index in [4.69, 9.17) is 4.74 Å². The van der Waals surface area contributed by atoms with Crippen molar-refractivity contribution in [2.45, 2.75) is 19.8 Å². The van der Waals surface area contributed by atoms with E-state index in [0.717, 1.165) is 5.56 Å². The van der Waals surface area contributed by atoms with E-state index in [1.807, 2.05) is 24.3 Å². The molecule has 2 aromatic rings. The van der Waals surface area contributed by atoms with Gasteiger partial charge in [-0.15, -0.1) is 0 Å². The molecule has 0 atom stereocenters. The smallest absolute Gasteiger partial charge is 0.259 e. The van der Waals surface area contributed by atoms with Crippen LogP contribution >= 0.6 is 0 Å². The number of amides is 2. The molecule has 0 unspecified atom stereocenters. The average Bonchev–Trinajstić information content (AvgIpc) is 2.66. The molecule has 2 amide bonds. The van der Waals surface area contributed by atoms with Crippen LogP contribution in [-0.2, 0) is 4.79 Å². The quantitative estimate of drug-likeness (QED) is 0.593. The van der Waals surface area contributed by atoms with Crippen molar-refractivity contribution in [2.75, 3.05) is 13.7 Å². The number of methoxy groups -OCH3 is 1. The number of hydrogen-bond donors (Lipinski definition) is 2. The molecule has 26 heavy (non-hydrogen) atoms. The van der Waals surface area contributed by atoms with E-state index in [0.29, 0.717) is 17.2 Å². The summed E-state index contributed by atoms with van der Waals surface area (Å²) in [6, 6.07) is 14.6. The molecule has 0 aromatic heterocycles. The lowest BCUT2D eigenvalue weighted by Crippen LogP contribution is -2.34. The number of carbonyl (C=O) groups is 2. The van der Waals surface area contributed by atoms with Crippen molar-refractivity contribution in [1.82, 2.24) is 10.7 Å². The molecule has 0 aliphatic carbocycles. The summed E-state index contributed by atoms with van der Waals surface area (Å²) >= 11 is 0. The fourth-order valence-electron chi connectivity index (χ4n) is 2.19. The fraction of sp³-hybridized carbons (Fsp3) is 0.250. The maximum atomic E-state index is 12.0. The molecule has 6 heteroatoms. The Morgan fingerprint density at radius 2 is 1.73 bits per heavy atom. The second-order valence-corrected chi connectivity index (χ2v) is 6.03. The molecule has 0 saturated heterocycles. The standard InChI is InChI=1S/C20H23N3O3/c1-14(2)16-6-4-15(5-7-16)12-22-23-19(24)13-21-20(25)17-8-10-18(26-3)11-9-17/h4-12,14H,13H2,1-3H3,(H,21,25)(H,23,24). The largest absolute Gasteiger partial charge is 0.497 e. The summed E-state index contributed by atoms with van der Waals surface area (Å²) in [5.74, 6) is 0.392. The van der Waals surface area contributed by atoms with Gasteiger partial charge in [-0.1, -0.05) is 38.1 Å². The second-order valence-electron chi connectivity index (χ2n) is 6.03. The highest BCUT2D eigenvalue weighted by Gasteiger charge is 2.07. The van der Waals surface area contributed by atoms with Gasteiger partial charge in [0.1, 0.15) is 5.75 Å². The monoisotopic (exact) mass is 353 g/mol. The summed E-state index contributed by atoms with van der Waals surface area (Å²) in [6.07, 6.45) is 1.56. The highest BCUT2D eigenvalue weighted by molar-refractivity contribution is 5.96. The molecule has 0 aliphatic heterocycles.